The number of carbonyl (C=O) groups is 2. The number of halogens is 5. The van der Waals surface area contributed by atoms with Gasteiger partial charge in [-0.2, -0.15) is 18.3 Å². The quantitative estimate of drug-likeness (QED) is 0.314. The second-order valence-electron chi connectivity index (χ2n) is 9.27. The van der Waals surface area contributed by atoms with Crippen LogP contribution in [0.5, 0.6) is 0 Å². The van der Waals surface area contributed by atoms with Gasteiger partial charge in [0.1, 0.15) is 17.0 Å². The number of benzene rings is 1. The summed E-state index contributed by atoms with van der Waals surface area (Å²) in [6.45, 7) is 6.88. The minimum Gasteiger partial charge on any atom is -0.478 e. The number of carbonyl (C=O) groups excluding carboxylic acids is 1. The Morgan fingerprint density at radius 1 is 1.24 bits per heavy atom. The maximum atomic E-state index is 14.9. The zero-order chi connectivity index (χ0) is 27.4. The van der Waals surface area contributed by atoms with Gasteiger partial charge in [-0.05, 0) is 51.0 Å². The molecule has 1 aliphatic rings. The number of alkyl halides is 3. The van der Waals surface area contributed by atoms with Crippen molar-refractivity contribution in [3.8, 4) is 16.8 Å². The molecule has 1 N–H and O–H groups in total. The van der Waals surface area contributed by atoms with Crippen LogP contribution in [0.3, 0.4) is 0 Å². The maximum Gasteiger partial charge on any atom is 0.436 e. The van der Waals surface area contributed by atoms with E-state index < -0.39 is 40.9 Å². The van der Waals surface area contributed by atoms with E-state index in [2.05, 4.69) is 10.1 Å². The normalized spacial score (nSPS) is 12.8. The molecule has 0 fully saturated rings. The van der Waals surface area contributed by atoms with Crippen molar-refractivity contribution < 1.29 is 37.0 Å². The van der Waals surface area contributed by atoms with E-state index in [4.69, 9.17) is 16.3 Å². The van der Waals surface area contributed by atoms with Crippen LogP contribution in [0.1, 0.15) is 55.0 Å². The molecular weight excluding hydrogens is 520 g/mol. The fraction of sp³-hybridized carbons (Fsp3) is 0.333. The van der Waals surface area contributed by atoms with E-state index in [0.29, 0.717) is 22.1 Å². The Morgan fingerprint density at radius 3 is 2.46 bits per heavy atom. The Balaban J connectivity index is 1.93. The van der Waals surface area contributed by atoms with Crippen molar-refractivity contribution in [1.29, 1.82) is 0 Å². The number of ether oxygens (including phenoxy) is 1. The summed E-state index contributed by atoms with van der Waals surface area (Å²) < 4.78 is 61.5. The smallest absolute Gasteiger partial charge is 0.436 e. The van der Waals surface area contributed by atoms with E-state index >= 15 is 0 Å². The van der Waals surface area contributed by atoms with Gasteiger partial charge in [0.25, 0.3) is 0 Å². The van der Waals surface area contributed by atoms with Crippen LogP contribution in [0.2, 0.25) is 5.02 Å². The minimum absolute atomic E-state index is 0.0970. The first-order chi connectivity index (χ1) is 17.1. The van der Waals surface area contributed by atoms with Crippen molar-refractivity contribution in [3.05, 3.63) is 57.9 Å². The number of hydrogen-bond donors (Lipinski definition) is 1. The molecule has 1 aliphatic carbocycles. The molecular formula is C24H21ClF4N4O4. The average molecular weight is 541 g/mol. The van der Waals surface area contributed by atoms with E-state index in [0.717, 1.165) is 12.1 Å². The predicted octanol–water partition coefficient (Wildman–Crippen LogP) is 6.11. The van der Waals surface area contributed by atoms with Crippen molar-refractivity contribution in [2.75, 3.05) is 11.4 Å². The van der Waals surface area contributed by atoms with Crippen LogP contribution in [0.15, 0.2) is 24.5 Å². The molecule has 0 spiro atoms. The molecule has 0 unspecified atom stereocenters. The fourth-order valence-electron chi connectivity index (χ4n) is 4.17. The number of carboxylic acids is 1. The first-order valence-electron chi connectivity index (χ1n) is 11.0. The van der Waals surface area contributed by atoms with Crippen LogP contribution in [0, 0.1) is 5.82 Å². The van der Waals surface area contributed by atoms with E-state index in [-0.39, 0.29) is 40.5 Å². The molecule has 2 heterocycles. The zero-order valence-electron chi connectivity index (χ0n) is 20.1. The number of aromatic carboxylic acids is 1. The Labute approximate surface area is 213 Å². The van der Waals surface area contributed by atoms with Gasteiger partial charge in [0.15, 0.2) is 5.69 Å². The van der Waals surface area contributed by atoms with E-state index in [1.54, 1.807) is 27.7 Å². The predicted molar refractivity (Wildman–Crippen MR) is 126 cm³/mol. The van der Waals surface area contributed by atoms with Crippen molar-refractivity contribution in [3.63, 3.8) is 0 Å². The Kier molecular flexibility index (Phi) is 6.43. The molecule has 0 atom stereocenters. The molecule has 0 aliphatic heterocycles. The molecule has 0 saturated carbocycles. The lowest BCUT2D eigenvalue weighted by Gasteiger charge is -2.28. The zero-order valence-corrected chi connectivity index (χ0v) is 20.8. The summed E-state index contributed by atoms with van der Waals surface area (Å²) >= 11 is 6.33. The third-order valence-electron chi connectivity index (χ3n) is 5.55. The standard InChI is InChI=1S/C24H21ClF4N4O4/c1-5-32(22(36)37-23(2,3)4)17-7-11(26)6-13-12(17)8-16-18(13)19(15(25)9-30-16)33-10-14(21(34)35)20(31-33)24(27,28)29/h6-7,9-10H,5,8H2,1-4H3,(H,34,35). The molecule has 1 amide bonds. The van der Waals surface area contributed by atoms with Gasteiger partial charge in [-0.3, -0.25) is 9.88 Å². The summed E-state index contributed by atoms with van der Waals surface area (Å²) in [5, 5.41) is 12.6. The van der Waals surface area contributed by atoms with Crippen LogP contribution < -0.4 is 4.90 Å². The topological polar surface area (TPSA) is 97.6 Å². The third kappa shape index (κ3) is 4.85. The SMILES string of the molecule is CCN(C(=O)OC(C)(C)C)c1cc(F)cc2c1Cc1ncc(Cl)c(-n3cc(C(=O)O)c(C(F)(F)F)n3)c1-2. The van der Waals surface area contributed by atoms with Gasteiger partial charge >= 0.3 is 18.2 Å². The van der Waals surface area contributed by atoms with Crippen LogP contribution in [0.25, 0.3) is 16.8 Å². The maximum absolute atomic E-state index is 14.9. The van der Waals surface area contributed by atoms with E-state index in [1.807, 2.05) is 0 Å². The average Bonchev–Trinajstić information content (AvgIpc) is 3.35. The molecule has 4 rings (SSSR count). The third-order valence-corrected chi connectivity index (χ3v) is 5.83. The van der Waals surface area contributed by atoms with Gasteiger partial charge in [-0.15, -0.1) is 0 Å². The number of fused-ring (bicyclic) bond motifs is 3. The largest absolute Gasteiger partial charge is 0.478 e. The number of amides is 1. The summed E-state index contributed by atoms with van der Waals surface area (Å²) in [6, 6.07) is 2.32. The van der Waals surface area contributed by atoms with Crippen molar-refractivity contribution in [2.45, 2.75) is 45.9 Å². The van der Waals surface area contributed by atoms with Gasteiger partial charge in [0, 0.05) is 30.9 Å². The summed E-state index contributed by atoms with van der Waals surface area (Å²) in [5.74, 6) is -2.55. The lowest BCUT2D eigenvalue weighted by molar-refractivity contribution is -0.141. The van der Waals surface area contributed by atoms with Crippen molar-refractivity contribution in [2.24, 2.45) is 0 Å². The molecule has 37 heavy (non-hydrogen) atoms. The number of hydrogen-bond acceptors (Lipinski definition) is 5. The molecule has 1 aromatic carbocycles. The Morgan fingerprint density at radius 2 is 1.92 bits per heavy atom. The number of pyridine rings is 1. The number of aromatic nitrogens is 3. The van der Waals surface area contributed by atoms with E-state index in [9.17, 15) is 32.3 Å². The minimum atomic E-state index is -5.05. The van der Waals surface area contributed by atoms with Gasteiger partial charge in [-0.25, -0.2) is 18.7 Å². The number of carboxylic acid groups (broad SMARTS) is 1. The van der Waals surface area contributed by atoms with Crippen LogP contribution in [-0.2, 0) is 17.3 Å². The van der Waals surface area contributed by atoms with Crippen molar-refractivity contribution in [1.82, 2.24) is 14.8 Å². The van der Waals surface area contributed by atoms with Gasteiger partial charge in [0.2, 0.25) is 0 Å². The highest BCUT2D eigenvalue weighted by atomic mass is 35.5. The first-order valence-corrected chi connectivity index (χ1v) is 11.4. The monoisotopic (exact) mass is 540 g/mol. The Hall–Kier alpha value is -3.67. The highest BCUT2D eigenvalue weighted by Crippen LogP contribution is 2.46. The van der Waals surface area contributed by atoms with Crippen LogP contribution >= 0.6 is 11.6 Å². The summed E-state index contributed by atoms with van der Waals surface area (Å²) in [4.78, 5) is 29.9. The second kappa shape index (κ2) is 9.02. The van der Waals surface area contributed by atoms with Gasteiger partial charge < -0.3 is 9.84 Å². The van der Waals surface area contributed by atoms with Crippen LogP contribution in [0.4, 0.5) is 28.0 Å². The Bertz CT molecular complexity index is 1430. The molecule has 0 saturated heterocycles. The number of anilines is 1. The number of nitrogens with zero attached hydrogens (tertiary/aromatic N) is 4. The second-order valence-corrected chi connectivity index (χ2v) is 9.67. The molecule has 8 nitrogen and oxygen atoms in total. The highest BCUT2D eigenvalue weighted by Gasteiger charge is 2.40. The molecule has 3 aromatic rings. The lowest BCUT2D eigenvalue weighted by Crippen LogP contribution is -2.37. The summed E-state index contributed by atoms with van der Waals surface area (Å²) in [7, 11) is 0. The molecule has 13 heteroatoms. The molecule has 196 valence electrons. The molecule has 0 radical (unpaired) electrons. The number of rotatable bonds is 4. The summed E-state index contributed by atoms with van der Waals surface area (Å²) in [6.07, 6.45) is -3.77. The first kappa shape index (κ1) is 26.4. The van der Waals surface area contributed by atoms with Gasteiger partial charge in [-0.1, -0.05) is 11.6 Å². The van der Waals surface area contributed by atoms with E-state index in [1.165, 1.54) is 11.1 Å². The van der Waals surface area contributed by atoms with Gasteiger partial charge in [0.05, 0.1) is 22.1 Å². The fourth-order valence-corrected chi connectivity index (χ4v) is 4.40. The highest BCUT2D eigenvalue weighted by molar-refractivity contribution is 6.33. The summed E-state index contributed by atoms with van der Waals surface area (Å²) in [5.41, 5.74) is -2.17. The molecule has 0 bridgehead atoms. The molecule has 2 aromatic heterocycles. The van der Waals surface area contributed by atoms with Crippen LogP contribution in [-0.4, -0.2) is 44.1 Å². The lowest BCUT2D eigenvalue weighted by atomic mass is 10.0. The van der Waals surface area contributed by atoms with Crippen molar-refractivity contribution >= 4 is 29.4 Å².